The molecule has 0 unspecified atom stereocenters. The van der Waals surface area contributed by atoms with E-state index < -0.39 is 6.10 Å². The Morgan fingerprint density at radius 3 is 2.46 bits per heavy atom. The van der Waals surface area contributed by atoms with Crippen molar-refractivity contribution in [3.05, 3.63) is 23.8 Å². The third-order valence-electron chi connectivity index (χ3n) is 3.65. The van der Waals surface area contributed by atoms with Gasteiger partial charge in [0, 0.05) is 25.3 Å². The number of methoxy groups -OCH3 is 2. The van der Waals surface area contributed by atoms with Crippen molar-refractivity contribution < 1.29 is 19.3 Å². The molecule has 1 N–H and O–H groups in total. The van der Waals surface area contributed by atoms with Crippen molar-refractivity contribution in [3.8, 4) is 11.5 Å². The van der Waals surface area contributed by atoms with E-state index in [9.17, 15) is 5.11 Å². The molecule has 0 aliphatic carbocycles. The van der Waals surface area contributed by atoms with Gasteiger partial charge in [-0.05, 0) is 24.9 Å². The van der Waals surface area contributed by atoms with Gasteiger partial charge in [-0.15, -0.1) is 0 Å². The summed E-state index contributed by atoms with van der Waals surface area (Å²) in [5, 5.41) is 10.2. The zero-order valence-electron chi connectivity index (χ0n) is 15.7. The Hall–Kier alpha value is -1.30. The number of para-hydroxylation sites is 1. The van der Waals surface area contributed by atoms with E-state index in [2.05, 4.69) is 25.7 Å². The number of aliphatic hydroxyl groups is 1. The molecule has 1 aromatic rings. The molecule has 0 fully saturated rings. The lowest BCUT2D eigenvalue weighted by atomic mass is 10.1. The zero-order chi connectivity index (χ0) is 17.9. The SMILES string of the molecule is CCCN(Cc1cccc(OC)c1OC)C[C@@H](O)COCC(C)C. The van der Waals surface area contributed by atoms with Crippen LogP contribution < -0.4 is 9.47 Å². The number of aliphatic hydroxyl groups excluding tert-OH is 1. The van der Waals surface area contributed by atoms with Gasteiger partial charge in [0.2, 0.25) is 0 Å². The van der Waals surface area contributed by atoms with Crippen molar-refractivity contribution >= 4 is 0 Å². The predicted molar refractivity (Wildman–Crippen MR) is 96.8 cm³/mol. The number of nitrogens with zero attached hydrogens (tertiary/aromatic N) is 1. The van der Waals surface area contributed by atoms with Gasteiger partial charge in [0.15, 0.2) is 11.5 Å². The van der Waals surface area contributed by atoms with E-state index in [-0.39, 0.29) is 0 Å². The summed E-state index contributed by atoms with van der Waals surface area (Å²) in [5.74, 6) is 1.96. The summed E-state index contributed by atoms with van der Waals surface area (Å²) >= 11 is 0. The molecule has 1 rings (SSSR count). The molecule has 1 atom stereocenters. The lowest BCUT2D eigenvalue weighted by molar-refractivity contribution is 0.00682. The quantitative estimate of drug-likeness (QED) is 0.634. The van der Waals surface area contributed by atoms with Crippen LogP contribution in [0.1, 0.15) is 32.8 Å². The number of ether oxygens (including phenoxy) is 3. The Bertz CT molecular complexity index is 465. The van der Waals surface area contributed by atoms with E-state index in [4.69, 9.17) is 14.2 Å². The van der Waals surface area contributed by atoms with Crippen molar-refractivity contribution in [2.75, 3.05) is 40.5 Å². The van der Waals surface area contributed by atoms with E-state index in [1.165, 1.54) is 0 Å². The van der Waals surface area contributed by atoms with Gasteiger partial charge in [-0.25, -0.2) is 0 Å². The third kappa shape index (κ3) is 7.07. The number of benzene rings is 1. The minimum Gasteiger partial charge on any atom is -0.493 e. The highest BCUT2D eigenvalue weighted by molar-refractivity contribution is 5.46. The molecule has 0 aliphatic rings. The number of hydrogen-bond donors (Lipinski definition) is 1. The summed E-state index contributed by atoms with van der Waals surface area (Å²) < 4.78 is 16.4. The Kier molecular flexibility index (Phi) is 9.76. The molecule has 0 amide bonds. The Labute approximate surface area is 146 Å². The molecule has 0 aromatic heterocycles. The number of rotatable bonds is 12. The van der Waals surface area contributed by atoms with E-state index in [0.29, 0.717) is 32.2 Å². The summed E-state index contributed by atoms with van der Waals surface area (Å²) in [5.41, 5.74) is 1.06. The molecule has 0 spiro atoms. The first-order valence-electron chi connectivity index (χ1n) is 8.69. The maximum absolute atomic E-state index is 10.2. The monoisotopic (exact) mass is 339 g/mol. The highest BCUT2D eigenvalue weighted by Crippen LogP contribution is 2.31. The second-order valence-electron chi connectivity index (χ2n) is 6.47. The fourth-order valence-corrected chi connectivity index (χ4v) is 2.66. The Morgan fingerprint density at radius 1 is 1.12 bits per heavy atom. The van der Waals surface area contributed by atoms with Crippen molar-refractivity contribution in [2.45, 2.75) is 39.8 Å². The van der Waals surface area contributed by atoms with E-state index in [1.807, 2.05) is 18.2 Å². The van der Waals surface area contributed by atoms with Crippen LogP contribution in [0.4, 0.5) is 0 Å². The van der Waals surface area contributed by atoms with Gasteiger partial charge in [0.05, 0.1) is 26.9 Å². The van der Waals surface area contributed by atoms with Gasteiger partial charge in [0.25, 0.3) is 0 Å². The molecule has 0 heterocycles. The van der Waals surface area contributed by atoms with Gasteiger partial charge >= 0.3 is 0 Å². The van der Waals surface area contributed by atoms with Crippen LogP contribution in [0.25, 0.3) is 0 Å². The minimum absolute atomic E-state index is 0.369. The van der Waals surface area contributed by atoms with Crippen LogP contribution in [0.3, 0.4) is 0 Å². The van der Waals surface area contributed by atoms with Gasteiger partial charge < -0.3 is 19.3 Å². The second kappa shape index (κ2) is 11.3. The van der Waals surface area contributed by atoms with Crippen LogP contribution in [-0.4, -0.2) is 56.6 Å². The summed E-state index contributed by atoms with van der Waals surface area (Å²) in [6.07, 6.45) is 0.526. The molecule has 0 aliphatic heterocycles. The maximum atomic E-state index is 10.2. The van der Waals surface area contributed by atoms with E-state index in [0.717, 1.165) is 30.0 Å². The van der Waals surface area contributed by atoms with Gasteiger partial charge in [-0.1, -0.05) is 32.9 Å². The van der Waals surface area contributed by atoms with Crippen LogP contribution in [0.2, 0.25) is 0 Å². The fraction of sp³-hybridized carbons (Fsp3) is 0.684. The Balaban J connectivity index is 2.69. The second-order valence-corrected chi connectivity index (χ2v) is 6.47. The largest absolute Gasteiger partial charge is 0.493 e. The molecule has 24 heavy (non-hydrogen) atoms. The van der Waals surface area contributed by atoms with Crippen molar-refractivity contribution in [1.82, 2.24) is 4.90 Å². The van der Waals surface area contributed by atoms with Crippen LogP contribution in [0.5, 0.6) is 11.5 Å². The highest BCUT2D eigenvalue weighted by Gasteiger charge is 2.16. The van der Waals surface area contributed by atoms with Gasteiger partial charge in [0.1, 0.15) is 0 Å². The van der Waals surface area contributed by atoms with E-state index in [1.54, 1.807) is 14.2 Å². The molecule has 5 nitrogen and oxygen atoms in total. The fourth-order valence-electron chi connectivity index (χ4n) is 2.66. The maximum Gasteiger partial charge on any atom is 0.165 e. The topological polar surface area (TPSA) is 51.2 Å². The zero-order valence-corrected chi connectivity index (χ0v) is 15.7. The summed E-state index contributed by atoms with van der Waals surface area (Å²) in [6.45, 7) is 9.57. The summed E-state index contributed by atoms with van der Waals surface area (Å²) in [4.78, 5) is 2.22. The first-order chi connectivity index (χ1) is 11.5. The van der Waals surface area contributed by atoms with Gasteiger partial charge in [-0.2, -0.15) is 0 Å². The molecule has 0 bridgehead atoms. The molecule has 1 aromatic carbocycles. The average molecular weight is 339 g/mol. The molecular weight excluding hydrogens is 306 g/mol. The van der Waals surface area contributed by atoms with Crippen molar-refractivity contribution in [1.29, 1.82) is 0 Å². The highest BCUT2D eigenvalue weighted by atomic mass is 16.5. The molecule has 0 saturated carbocycles. The predicted octanol–water partition coefficient (Wildman–Crippen LogP) is 2.95. The normalized spacial score (nSPS) is 12.7. The van der Waals surface area contributed by atoms with Crippen LogP contribution in [0.15, 0.2) is 18.2 Å². The standard InChI is InChI=1S/C19H33NO4/c1-6-10-20(12-17(21)14-24-13-15(2)3)11-16-8-7-9-18(22-4)19(16)23-5/h7-9,15,17,21H,6,10-14H2,1-5H3/t17-/m1/s1. The van der Waals surface area contributed by atoms with Crippen LogP contribution in [0, 0.1) is 5.92 Å². The summed E-state index contributed by atoms with van der Waals surface area (Å²) in [6, 6.07) is 5.88. The smallest absolute Gasteiger partial charge is 0.165 e. The third-order valence-corrected chi connectivity index (χ3v) is 3.65. The van der Waals surface area contributed by atoms with E-state index >= 15 is 0 Å². The minimum atomic E-state index is -0.494. The average Bonchev–Trinajstić information content (AvgIpc) is 2.54. The summed E-state index contributed by atoms with van der Waals surface area (Å²) in [7, 11) is 3.29. The molecular formula is C19H33NO4. The van der Waals surface area contributed by atoms with Crippen LogP contribution in [-0.2, 0) is 11.3 Å². The van der Waals surface area contributed by atoms with Crippen molar-refractivity contribution in [3.63, 3.8) is 0 Å². The first kappa shape index (κ1) is 20.7. The molecule has 138 valence electrons. The lowest BCUT2D eigenvalue weighted by Crippen LogP contribution is -2.35. The van der Waals surface area contributed by atoms with Gasteiger partial charge in [-0.3, -0.25) is 4.90 Å². The van der Waals surface area contributed by atoms with Crippen LogP contribution >= 0.6 is 0 Å². The first-order valence-corrected chi connectivity index (χ1v) is 8.69. The number of hydrogen-bond acceptors (Lipinski definition) is 5. The lowest BCUT2D eigenvalue weighted by Gasteiger charge is -2.26. The molecule has 0 saturated heterocycles. The molecule has 5 heteroatoms. The Morgan fingerprint density at radius 2 is 1.88 bits per heavy atom. The molecule has 0 radical (unpaired) electrons. The van der Waals surface area contributed by atoms with Crippen molar-refractivity contribution in [2.24, 2.45) is 5.92 Å².